The molecule has 1 atom stereocenters. The third-order valence-corrected chi connectivity index (χ3v) is 2.25. The molecule has 6 nitrogen and oxygen atoms in total. The highest BCUT2D eigenvalue weighted by molar-refractivity contribution is 5.34. The second-order valence-electron chi connectivity index (χ2n) is 4.15. The number of aromatic amines is 1. The van der Waals surface area contributed by atoms with Crippen molar-refractivity contribution in [3.05, 3.63) is 22.2 Å². The summed E-state index contributed by atoms with van der Waals surface area (Å²) in [6.45, 7) is 4.16. The van der Waals surface area contributed by atoms with Crippen molar-refractivity contribution in [3.63, 3.8) is 0 Å². The van der Waals surface area contributed by atoms with Gasteiger partial charge in [-0.3, -0.25) is 4.79 Å². The quantitative estimate of drug-likeness (QED) is 0.667. The van der Waals surface area contributed by atoms with Crippen molar-refractivity contribution in [1.82, 2.24) is 9.97 Å². The van der Waals surface area contributed by atoms with Crippen molar-refractivity contribution in [3.8, 4) is 0 Å². The first-order valence-electron chi connectivity index (χ1n) is 5.54. The first-order valence-corrected chi connectivity index (χ1v) is 5.54. The lowest BCUT2D eigenvalue weighted by Gasteiger charge is -2.16. The number of aliphatic hydroxyl groups excluding tert-OH is 1. The minimum Gasteiger partial charge on any atom is -0.394 e. The number of aliphatic hydroxyl groups is 1. The summed E-state index contributed by atoms with van der Waals surface area (Å²) < 4.78 is 4.94. The van der Waals surface area contributed by atoms with Crippen molar-refractivity contribution in [1.29, 1.82) is 0 Å². The van der Waals surface area contributed by atoms with Gasteiger partial charge in [0.25, 0.3) is 5.56 Å². The number of hydrogen-bond donors (Lipinski definition) is 3. The van der Waals surface area contributed by atoms with Crippen LogP contribution in [-0.2, 0) is 4.74 Å². The number of methoxy groups -OCH3 is 1. The molecule has 96 valence electrons. The predicted molar refractivity (Wildman–Crippen MR) is 65.3 cm³/mol. The topological polar surface area (TPSA) is 87.2 Å². The molecule has 0 saturated carbocycles. The SMILES string of the molecule is COCC(CO)Nc1cc(=O)[nH]c(C(C)C)n1. The molecule has 0 amide bonds. The van der Waals surface area contributed by atoms with Gasteiger partial charge in [0.05, 0.1) is 19.3 Å². The maximum absolute atomic E-state index is 11.4. The standard InChI is InChI=1S/C11H19N3O3/c1-7(2)11-13-9(4-10(16)14-11)12-8(5-15)6-17-3/h4,7-8,15H,5-6H2,1-3H3,(H2,12,13,14,16). The summed E-state index contributed by atoms with van der Waals surface area (Å²) in [7, 11) is 1.55. The van der Waals surface area contributed by atoms with Crippen molar-refractivity contribution < 1.29 is 9.84 Å². The number of hydrogen-bond acceptors (Lipinski definition) is 5. The lowest BCUT2D eigenvalue weighted by Crippen LogP contribution is -2.30. The van der Waals surface area contributed by atoms with E-state index in [1.807, 2.05) is 13.8 Å². The fraction of sp³-hybridized carbons (Fsp3) is 0.636. The molecular weight excluding hydrogens is 222 g/mol. The Balaban J connectivity index is 2.86. The van der Waals surface area contributed by atoms with Gasteiger partial charge in [0.15, 0.2) is 0 Å². The van der Waals surface area contributed by atoms with Gasteiger partial charge in [0.2, 0.25) is 0 Å². The van der Waals surface area contributed by atoms with E-state index in [9.17, 15) is 4.79 Å². The summed E-state index contributed by atoms with van der Waals surface area (Å²) >= 11 is 0. The van der Waals surface area contributed by atoms with Gasteiger partial charge in [-0.2, -0.15) is 0 Å². The fourth-order valence-corrected chi connectivity index (χ4v) is 1.37. The van der Waals surface area contributed by atoms with E-state index in [4.69, 9.17) is 9.84 Å². The predicted octanol–water partition coefficient (Wildman–Crippen LogP) is 0.312. The minimum atomic E-state index is -0.269. The molecular formula is C11H19N3O3. The van der Waals surface area contributed by atoms with E-state index in [1.165, 1.54) is 6.07 Å². The summed E-state index contributed by atoms with van der Waals surface area (Å²) in [5.41, 5.74) is -0.208. The monoisotopic (exact) mass is 241 g/mol. The van der Waals surface area contributed by atoms with E-state index < -0.39 is 0 Å². The van der Waals surface area contributed by atoms with Crippen LogP contribution in [0.5, 0.6) is 0 Å². The molecule has 0 bridgehead atoms. The Morgan fingerprint density at radius 2 is 2.29 bits per heavy atom. The van der Waals surface area contributed by atoms with Crippen LogP contribution in [0, 0.1) is 0 Å². The summed E-state index contributed by atoms with van der Waals surface area (Å²) in [6, 6.07) is 1.10. The van der Waals surface area contributed by atoms with E-state index in [-0.39, 0.29) is 24.1 Å². The summed E-state index contributed by atoms with van der Waals surface area (Å²) in [5.74, 6) is 1.21. The Hall–Kier alpha value is -1.40. The summed E-state index contributed by atoms with van der Waals surface area (Å²) in [6.07, 6.45) is 0. The van der Waals surface area contributed by atoms with Crippen molar-refractivity contribution in [2.75, 3.05) is 25.6 Å². The zero-order chi connectivity index (χ0) is 12.8. The third kappa shape index (κ3) is 4.16. The maximum atomic E-state index is 11.4. The largest absolute Gasteiger partial charge is 0.394 e. The van der Waals surface area contributed by atoms with Gasteiger partial charge >= 0.3 is 0 Å². The van der Waals surface area contributed by atoms with Crippen molar-refractivity contribution >= 4 is 5.82 Å². The third-order valence-electron chi connectivity index (χ3n) is 2.25. The van der Waals surface area contributed by atoms with Gasteiger partial charge < -0.3 is 20.1 Å². The Kier molecular flexibility index (Phi) is 5.11. The molecule has 3 N–H and O–H groups in total. The van der Waals surface area contributed by atoms with Crippen LogP contribution in [0.15, 0.2) is 10.9 Å². The molecule has 0 saturated heterocycles. The summed E-state index contributed by atoms with van der Waals surface area (Å²) in [4.78, 5) is 18.4. The number of H-pyrrole nitrogens is 1. The molecule has 1 unspecified atom stereocenters. The molecule has 0 aliphatic rings. The highest BCUT2D eigenvalue weighted by atomic mass is 16.5. The van der Waals surface area contributed by atoms with Crippen molar-refractivity contribution in [2.45, 2.75) is 25.8 Å². The number of anilines is 1. The van der Waals surface area contributed by atoms with Crippen molar-refractivity contribution in [2.24, 2.45) is 0 Å². The van der Waals surface area contributed by atoms with Crippen LogP contribution in [0.1, 0.15) is 25.6 Å². The minimum absolute atomic E-state index is 0.0840. The Labute approximate surface area is 100 Å². The van der Waals surface area contributed by atoms with Crippen LogP contribution >= 0.6 is 0 Å². The molecule has 0 spiro atoms. The number of nitrogens with one attached hydrogen (secondary N) is 2. The zero-order valence-corrected chi connectivity index (χ0v) is 10.4. The second kappa shape index (κ2) is 6.36. The molecule has 0 aliphatic carbocycles. The molecule has 17 heavy (non-hydrogen) atoms. The second-order valence-corrected chi connectivity index (χ2v) is 4.15. The lowest BCUT2D eigenvalue weighted by atomic mass is 10.2. The molecule has 1 rings (SSSR count). The zero-order valence-electron chi connectivity index (χ0n) is 10.4. The number of nitrogens with zero attached hydrogens (tertiary/aromatic N) is 1. The molecule has 1 aromatic heterocycles. The summed E-state index contributed by atoms with van der Waals surface area (Å²) in [5, 5.41) is 12.1. The van der Waals surface area contributed by atoms with Gasteiger partial charge in [-0.1, -0.05) is 13.8 Å². The van der Waals surface area contributed by atoms with Crippen LogP contribution in [0.25, 0.3) is 0 Å². The maximum Gasteiger partial charge on any atom is 0.252 e. The van der Waals surface area contributed by atoms with Gasteiger partial charge in [-0.15, -0.1) is 0 Å². The van der Waals surface area contributed by atoms with Crippen LogP contribution < -0.4 is 10.9 Å². The van der Waals surface area contributed by atoms with E-state index in [2.05, 4.69) is 15.3 Å². The molecule has 1 heterocycles. The van der Waals surface area contributed by atoms with E-state index in [0.717, 1.165) is 0 Å². The molecule has 0 aromatic carbocycles. The van der Waals surface area contributed by atoms with Gasteiger partial charge in [0.1, 0.15) is 11.6 Å². The van der Waals surface area contributed by atoms with Gasteiger partial charge in [0, 0.05) is 19.1 Å². The van der Waals surface area contributed by atoms with E-state index in [1.54, 1.807) is 7.11 Å². The van der Waals surface area contributed by atoms with Crippen LogP contribution in [0.2, 0.25) is 0 Å². The normalized spacial score (nSPS) is 12.8. The fourth-order valence-electron chi connectivity index (χ4n) is 1.37. The first-order chi connectivity index (χ1) is 8.06. The molecule has 1 aromatic rings. The van der Waals surface area contributed by atoms with Crippen LogP contribution in [0.4, 0.5) is 5.82 Å². The highest BCUT2D eigenvalue weighted by Crippen LogP contribution is 2.09. The van der Waals surface area contributed by atoms with Gasteiger partial charge in [-0.25, -0.2) is 4.98 Å². The number of rotatable bonds is 6. The number of aromatic nitrogens is 2. The Morgan fingerprint density at radius 1 is 1.59 bits per heavy atom. The highest BCUT2D eigenvalue weighted by Gasteiger charge is 2.10. The smallest absolute Gasteiger partial charge is 0.252 e. The molecule has 6 heteroatoms. The number of ether oxygens (including phenoxy) is 1. The Bertz CT molecular complexity index is 403. The average molecular weight is 241 g/mol. The van der Waals surface area contributed by atoms with E-state index >= 15 is 0 Å². The van der Waals surface area contributed by atoms with Gasteiger partial charge in [-0.05, 0) is 0 Å². The molecule has 0 aliphatic heterocycles. The Morgan fingerprint density at radius 3 is 2.82 bits per heavy atom. The van der Waals surface area contributed by atoms with E-state index in [0.29, 0.717) is 18.2 Å². The van der Waals surface area contributed by atoms with Crippen LogP contribution in [0.3, 0.4) is 0 Å². The lowest BCUT2D eigenvalue weighted by molar-refractivity contribution is 0.153. The first kappa shape index (κ1) is 13.7. The van der Waals surface area contributed by atoms with Crippen LogP contribution in [-0.4, -0.2) is 41.4 Å². The average Bonchev–Trinajstić information content (AvgIpc) is 2.27. The molecule has 0 radical (unpaired) electrons. The molecule has 0 fully saturated rings.